The number of para-hydroxylation sites is 3. The Labute approximate surface area is 172 Å². The van der Waals surface area contributed by atoms with Crippen molar-refractivity contribution in [3.8, 4) is 0 Å². The molecule has 1 fully saturated rings. The number of nitrogens with one attached hydrogen (secondary N) is 2. The van der Waals surface area contributed by atoms with Gasteiger partial charge >= 0.3 is 5.76 Å². The standard InChI is InChI=1S/C22H23N3O5/c26-20(11-12-25-18-9-3-4-10-19(18)30-22(25)28)24-17-8-2-1-7-16(17)21(27)23-14-15-6-5-13-29-15/h1-4,7-10,15H,5-6,11-14H2,(H,23,27)(H,24,26)/t15-/m0/s1. The van der Waals surface area contributed by atoms with E-state index in [2.05, 4.69) is 10.6 Å². The number of aromatic nitrogens is 1. The van der Waals surface area contributed by atoms with E-state index in [9.17, 15) is 14.4 Å². The van der Waals surface area contributed by atoms with Crippen LogP contribution in [-0.4, -0.2) is 35.6 Å². The number of anilines is 1. The van der Waals surface area contributed by atoms with E-state index in [1.807, 2.05) is 0 Å². The van der Waals surface area contributed by atoms with Crippen molar-refractivity contribution >= 4 is 28.6 Å². The van der Waals surface area contributed by atoms with Gasteiger partial charge in [-0.15, -0.1) is 0 Å². The number of amides is 2. The maximum absolute atomic E-state index is 12.6. The van der Waals surface area contributed by atoms with Gasteiger partial charge in [0.05, 0.1) is 22.9 Å². The number of nitrogens with zero attached hydrogens (tertiary/aromatic N) is 1. The Bertz CT molecular complexity index is 1110. The molecule has 2 amide bonds. The highest BCUT2D eigenvalue weighted by Crippen LogP contribution is 2.17. The van der Waals surface area contributed by atoms with Crippen molar-refractivity contribution in [2.45, 2.75) is 31.9 Å². The minimum absolute atomic E-state index is 0.0406. The summed E-state index contributed by atoms with van der Waals surface area (Å²) in [7, 11) is 0. The van der Waals surface area contributed by atoms with Crippen molar-refractivity contribution in [1.82, 2.24) is 9.88 Å². The predicted molar refractivity (Wildman–Crippen MR) is 111 cm³/mol. The number of benzene rings is 2. The van der Waals surface area contributed by atoms with Gasteiger partial charge in [0.2, 0.25) is 5.91 Å². The number of ether oxygens (including phenoxy) is 1. The lowest BCUT2D eigenvalue weighted by Gasteiger charge is -2.14. The molecule has 2 N–H and O–H groups in total. The molecule has 0 saturated carbocycles. The summed E-state index contributed by atoms with van der Waals surface area (Å²) in [6.07, 6.45) is 2.04. The Morgan fingerprint density at radius 1 is 1.10 bits per heavy atom. The SMILES string of the molecule is O=C(CCn1c(=O)oc2ccccc21)Nc1ccccc1C(=O)NC[C@@H]1CCCO1. The van der Waals surface area contributed by atoms with Gasteiger partial charge < -0.3 is 19.8 Å². The van der Waals surface area contributed by atoms with E-state index in [0.29, 0.717) is 28.9 Å². The van der Waals surface area contributed by atoms with Crippen LogP contribution in [0.4, 0.5) is 5.69 Å². The lowest BCUT2D eigenvalue weighted by molar-refractivity contribution is -0.116. The molecule has 0 radical (unpaired) electrons. The summed E-state index contributed by atoms with van der Waals surface area (Å²) < 4.78 is 12.1. The fourth-order valence-corrected chi connectivity index (χ4v) is 3.55. The number of oxazole rings is 1. The van der Waals surface area contributed by atoms with Crippen LogP contribution < -0.4 is 16.4 Å². The van der Waals surface area contributed by atoms with Gasteiger partial charge in [-0.25, -0.2) is 4.79 Å². The fourth-order valence-electron chi connectivity index (χ4n) is 3.55. The van der Waals surface area contributed by atoms with Crippen LogP contribution in [0.25, 0.3) is 11.1 Å². The quantitative estimate of drug-likeness (QED) is 0.624. The Morgan fingerprint density at radius 2 is 1.90 bits per heavy atom. The zero-order chi connectivity index (χ0) is 20.9. The third-order valence-electron chi connectivity index (χ3n) is 5.10. The van der Waals surface area contributed by atoms with Gasteiger partial charge in [0.15, 0.2) is 5.58 Å². The van der Waals surface area contributed by atoms with Crippen LogP contribution in [0.15, 0.2) is 57.7 Å². The Hall–Kier alpha value is -3.39. The Balaban J connectivity index is 1.39. The van der Waals surface area contributed by atoms with Gasteiger partial charge in [-0.3, -0.25) is 14.2 Å². The van der Waals surface area contributed by atoms with Gasteiger partial charge in [0.1, 0.15) is 0 Å². The fraction of sp³-hybridized carbons (Fsp3) is 0.318. The van der Waals surface area contributed by atoms with E-state index in [1.54, 1.807) is 48.5 Å². The monoisotopic (exact) mass is 409 g/mol. The number of hydrogen-bond donors (Lipinski definition) is 2. The molecule has 156 valence electrons. The van der Waals surface area contributed by atoms with Crippen LogP contribution in [0.3, 0.4) is 0 Å². The number of rotatable bonds is 7. The second-order valence-electron chi connectivity index (χ2n) is 7.18. The van der Waals surface area contributed by atoms with Gasteiger partial charge in [0.25, 0.3) is 5.91 Å². The summed E-state index contributed by atoms with van der Waals surface area (Å²) in [4.78, 5) is 37.1. The van der Waals surface area contributed by atoms with Crippen molar-refractivity contribution in [2.75, 3.05) is 18.5 Å². The number of hydrogen-bond acceptors (Lipinski definition) is 5. The molecule has 8 nitrogen and oxygen atoms in total. The zero-order valence-corrected chi connectivity index (χ0v) is 16.4. The van der Waals surface area contributed by atoms with Crippen molar-refractivity contribution in [1.29, 1.82) is 0 Å². The van der Waals surface area contributed by atoms with Gasteiger partial charge in [-0.1, -0.05) is 24.3 Å². The minimum Gasteiger partial charge on any atom is -0.408 e. The van der Waals surface area contributed by atoms with Crippen LogP contribution in [0.2, 0.25) is 0 Å². The summed E-state index contributed by atoms with van der Waals surface area (Å²) in [6.45, 7) is 1.34. The predicted octanol–water partition coefficient (Wildman–Crippen LogP) is 2.53. The summed E-state index contributed by atoms with van der Waals surface area (Å²) >= 11 is 0. The van der Waals surface area contributed by atoms with E-state index in [4.69, 9.17) is 9.15 Å². The van der Waals surface area contributed by atoms with E-state index in [0.717, 1.165) is 19.4 Å². The molecule has 3 aromatic rings. The molecule has 1 aliphatic heterocycles. The highest BCUT2D eigenvalue weighted by molar-refractivity contribution is 6.03. The maximum Gasteiger partial charge on any atom is 0.419 e. The van der Waals surface area contributed by atoms with Gasteiger partial charge in [-0.05, 0) is 37.1 Å². The molecule has 1 aromatic heterocycles. The second kappa shape index (κ2) is 8.96. The second-order valence-corrected chi connectivity index (χ2v) is 7.18. The van der Waals surface area contributed by atoms with Crippen LogP contribution >= 0.6 is 0 Å². The third-order valence-corrected chi connectivity index (χ3v) is 5.10. The van der Waals surface area contributed by atoms with Crippen molar-refractivity contribution in [3.05, 3.63) is 64.6 Å². The number of carbonyl (C=O) groups excluding carboxylic acids is 2. The van der Waals surface area contributed by atoms with Gasteiger partial charge in [0, 0.05) is 26.1 Å². The van der Waals surface area contributed by atoms with E-state index >= 15 is 0 Å². The lowest BCUT2D eigenvalue weighted by atomic mass is 10.1. The molecule has 1 aliphatic rings. The first-order valence-corrected chi connectivity index (χ1v) is 9.99. The lowest BCUT2D eigenvalue weighted by Crippen LogP contribution is -2.32. The van der Waals surface area contributed by atoms with Gasteiger partial charge in [-0.2, -0.15) is 0 Å². The molecule has 1 saturated heterocycles. The van der Waals surface area contributed by atoms with Crippen molar-refractivity contribution in [2.24, 2.45) is 0 Å². The molecule has 4 rings (SSSR count). The molecule has 0 spiro atoms. The van der Waals surface area contributed by atoms with E-state index in [-0.39, 0.29) is 30.9 Å². The van der Waals surface area contributed by atoms with Crippen LogP contribution in [-0.2, 0) is 16.1 Å². The molecule has 2 heterocycles. The maximum atomic E-state index is 12.6. The molecule has 8 heteroatoms. The van der Waals surface area contributed by atoms with Crippen LogP contribution in [0, 0.1) is 0 Å². The number of aryl methyl sites for hydroxylation is 1. The highest BCUT2D eigenvalue weighted by atomic mass is 16.5. The van der Waals surface area contributed by atoms with Crippen molar-refractivity contribution in [3.63, 3.8) is 0 Å². The summed E-state index contributed by atoms with van der Waals surface area (Å²) in [6, 6.07) is 13.9. The zero-order valence-electron chi connectivity index (χ0n) is 16.4. The largest absolute Gasteiger partial charge is 0.419 e. The Kier molecular flexibility index (Phi) is 5.94. The smallest absolute Gasteiger partial charge is 0.408 e. The molecule has 1 atom stereocenters. The van der Waals surface area contributed by atoms with E-state index < -0.39 is 5.76 Å². The molecule has 0 aliphatic carbocycles. The number of carbonyl (C=O) groups is 2. The topological polar surface area (TPSA) is 103 Å². The normalized spacial score (nSPS) is 15.9. The van der Waals surface area contributed by atoms with E-state index in [1.165, 1.54) is 4.57 Å². The summed E-state index contributed by atoms with van der Waals surface area (Å²) in [5.74, 6) is -1.07. The molecule has 2 aromatic carbocycles. The first kappa shape index (κ1) is 19.9. The molecule has 0 bridgehead atoms. The van der Waals surface area contributed by atoms with Crippen molar-refractivity contribution < 1.29 is 18.7 Å². The first-order valence-electron chi connectivity index (χ1n) is 9.99. The number of fused-ring (bicyclic) bond motifs is 1. The Morgan fingerprint density at radius 3 is 2.73 bits per heavy atom. The van der Waals surface area contributed by atoms with Crippen LogP contribution in [0.1, 0.15) is 29.6 Å². The highest BCUT2D eigenvalue weighted by Gasteiger charge is 2.18. The average molecular weight is 409 g/mol. The molecule has 0 unspecified atom stereocenters. The van der Waals surface area contributed by atoms with Crippen LogP contribution in [0.5, 0.6) is 0 Å². The minimum atomic E-state index is -0.502. The molecular formula is C22H23N3O5. The first-order chi connectivity index (χ1) is 14.6. The molecule has 30 heavy (non-hydrogen) atoms. The summed E-state index contributed by atoms with van der Waals surface area (Å²) in [5, 5.41) is 5.64. The third kappa shape index (κ3) is 4.44. The summed E-state index contributed by atoms with van der Waals surface area (Å²) in [5.41, 5.74) is 1.94. The average Bonchev–Trinajstić information content (AvgIpc) is 3.38. The molecular weight excluding hydrogens is 386 g/mol.